The molecular weight excluding hydrogens is 340 g/mol. The summed E-state index contributed by atoms with van der Waals surface area (Å²) in [6, 6.07) is 9.95. The van der Waals surface area contributed by atoms with Crippen molar-refractivity contribution >= 4 is 5.91 Å². The molecule has 27 heavy (non-hydrogen) atoms. The molecule has 1 aliphatic heterocycles. The lowest BCUT2D eigenvalue weighted by atomic mass is 9.93. The third kappa shape index (κ3) is 3.18. The van der Waals surface area contributed by atoms with Crippen molar-refractivity contribution in [2.24, 2.45) is 0 Å². The number of carbonyl (C=O) groups is 1. The lowest BCUT2D eigenvalue weighted by Gasteiger charge is -2.17. The molecule has 0 bridgehead atoms. The van der Waals surface area contributed by atoms with Crippen LogP contribution in [0.5, 0.6) is 5.75 Å². The zero-order valence-electron chi connectivity index (χ0n) is 15.7. The lowest BCUT2D eigenvalue weighted by Crippen LogP contribution is -2.26. The number of H-pyrrole nitrogens is 1. The monoisotopic (exact) mass is 362 g/mol. The molecule has 1 atom stereocenters. The number of amides is 1. The fourth-order valence-electron chi connectivity index (χ4n) is 3.66. The number of para-hydroxylation sites is 1. The third-order valence-corrected chi connectivity index (χ3v) is 5.03. The molecule has 0 aliphatic carbocycles. The van der Waals surface area contributed by atoms with Crippen LogP contribution < -0.4 is 10.1 Å². The van der Waals surface area contributed by atoms with Crippen molar-refractivity contribution in [2.75, 3.05) is 13.7 Å². The normalized spacial score (nSPS) is 16.4. The highest BCUT2D eigenvalue weighted by molar-refractivity contribution is 5.94. The fourth-order valence-corrected chi connectivity index (χ4v) is 3.66. The van der Waals surface area contributed by atoms with Gasteiger partial charge in [0.25, 0.3) is 5.91 Å². The van der Waals surface area contributed by atoms with Gasteiger partial charge >= 0.3 is 0 Å². The molecule has 2 aromatic heterocycles. The Bertz CT molecular complexity index is 1010. The minimum Gasteiger partial charge on any atom is -0.496 e. The first-order valence-electron chi connectivity index (χ1n) is 9.00. The van der Waals surface area contributed by atoms with Crippen LogP contribution in [0, 0.1) is 13.8 Å². The van der Waals surface area contributed by atoms with Crippen LogP contribution in [-0.2, 0) is 6.42 Å². The summed E-state index contributed by atoms with van der Waals surface area (Å²) in [6.45, 7) is 4.53. The van der Waals surface area contributed by atoms with Gasteiger partial charge in [-0.3, -0.25) is 9.78 Å². The van der Waals surface area contributed by atoms with Crippen LogP contribution in [0.15, 0.2) is 36.5 Å². The number of hydrogen-bond donors (Lipinski definition) is 2. The van der Waals surface area contributed by atoms with E-state index in [4.69, 9.17) is 4.74 Å². The highest BCUT2D eigenvalue weighted by atomic mass is 16.5. The van der Waals surface area contributed by atoms with Gasteiger partial charge in [0, 0.05) is 35.6 Å². The molecule has 1 amide bonds. The molecule has 2 N–H and O–H groups in total. The van der Waals surface area contributed by atoms with Crippen LogP contribution >= 0.6 is 0 Å². The van der Waals surface area contributed by atoms with E-state index in [2.05, 4.69) is 20.3 Å². The van der Waals surface area contributed by atoms with Crippen LogP contribution in [0.25, 0.3) is 11.4 Å². The molecule has 0 saturated carbocycles. The van der Waals surface area contributed by atoms with Gasteiger partial charge in [-0.15, -0.1) is 0 Å². The molecule has 138 valence electrons. The van der Waals surface area contributed by atoms with E-state index in [1.807, 2.05) is 44.2 Å². The maximum Gasteiger partial charge on any atom is 0.271 e. The Labute approximate surface area is 158 Å². The van der Waals surface area contributed by atoms with Gasteiger partial charge in [0.1, 0.15) is 17.3 Å². The quantitative estimate of drug-likeness (QED) is 0.750. The molecule has 4 rings (SSSR count). The number of aromatic amines is 1. The van der Waals surface area contributed by atoms with Gasteiger partial charge in [0.2, 0.25) is 0 Å². The second-order valence-electron chi connectivity index (χ2n) is 6.91. The summed E-state index contributed by atoms with van der Waals surface area (Å²) in [5.41, 5.74) is 5.33. The number of nitrogens with zero attached hydrogens (tertiary/aromatic N) is 2. The zero-order valence-corrected chi connectivity index (χ0v) is 15.7. The maximum absolute atomic E-state index is 12.6. The Hall–Kier alpha value is -3.15. The molecule has 0 unspecified atom stereocenters. The van der Waals surface area contributed by atoms with E-state index in [-0.39, 0.29) is 11.8 Å². The number of pyridine rings is 1. The molecule has 0 saturated heterocycles. The summed E-state index contributed by atoms with van der Waals surface area (Å²) in [7, 11) is 1.67. The molecule has 0 fully saturated rings. The average Bonchev–Trinajstić information content (AvgIpc) is 3.02. The Balaban J connectivity index is 1.73. The highest BCUT2D eigenvalue weighted by Gasteiger charge is 2.28. The number of benzene rings is 1. The number of hydrogen-bond acceptors (Lipinski definition) is 4. The minimum absolute atomic E-state index is 0.108. The molecule has 0 radical (unpaired) electrons. The topological polar surface area (TPSA) is 79.9 Å². The molecule has 3 aromatic rings. The standard InChI is InChI=1S/C21H22N4O2/c1-12-8-13(2)22-11-16(12)20-24-17-9-14(10-23-21(26)19(17)25-20)15-6-4-5-7-18(15)27-3/h4-8,11,14H,9-10H2,1-3H3,(H,23,26)(H,24,25)/t14-/m1/s1. The van der Waals surface area contributed by atoms with Gasteiger partial charge in [-0.2, -0.15) is 0 Å². The van der Waals surface area contributed by atoms with Gasteiger partial charge in [-0.05, 0) is 43.5 Å². The average molecular weight is 362 g/mol. The zero-order chi connectivity index (χ0) is 19.0. The Morgan fingerprint density at radius 2 is 2.04 bits per heavy atom. The highest BCUT2D eigenvalue weighted by Crippen LogP contribution is 2.32. The number of aromatic nitrogens is 3. The number of ether oxygens (including phenoxy) is 1. The van der Waals surface area contributed by atoms with E-state index in [0.29, 0.717) is 24.5 Å². The van der Waals surface area contributed by atoms with Crippen molar-refractivity contribution < 1.29 is 9.53 Å². The van der Waals surface area contributed by atoms with E-state index in [1.54, 1.807) is 13.3 Å². The van der Waals surface area contributed by atoms with Crippen LogP contribution in [-0.4, -0.2) is 34.5 Å². The van der Waals surface area contributed by atoms with Gasteiger partial charge in [-0.25, -0.2) is 4.98 Å². The molecular formula is C21H22N4O2. The number of methoxy groups -OCH3 is 1. The second kappa shape index (κ2) is 6.87. The maximum atomic E-state index is 12.6. The summed E-state index contributed by atoms with van der Waals surface area (Å²) in [5.74, 6) is 1.47. The lowest BCUT2D eigenvalue weighted by molar-refractivity contribution is 0.0950. The number of fused-ring (bicyclic) bond motifs is 1. The summed E-state index contributed by atoms with van der Waals surface area (Å²) in [6.07, 6.45) is 2.48. The van der Waals surface area contributed by atoms with E-state index < -0.39 is 0 Å². The summed E-state index contributed by atoms with van der Waals surface area (Å²) in [4.78, 5) is 24.9. The largest absolute Gasteiger partial charge is 0.496 e. The summed E-state index contributed by atoms with van der Waals surface area (Å²) >= 11 is 0. The number of imidazole rings is 1. The van der Waals surface area contributed by atoms with Crippen LogP contribution in [0.3, 0.4) is 0 Å². The van der Waals surface area contributed by atoms with Crippen molar-refractivity contribution in [2.45, 2.75) is 26.2 Å². The number of aryl methyl sites for hydroxylation is 2. The van der Waals surface area contributed by atoms with E-state index in [9.17, 15) is 4.79 Å². The Kier molecular flexibility index (Phi) is 4.39. The second-order valence-corrected chi connectivity index (χ2v) is 6.91. The Morgan fingerprint density at radius 3 is 2.81 bits per heavy atom. The van der Waals surface area contributed by atoms with Crippen molar-refractivity contribution in [1.29, 1.82) is 0 Å². The third-order valence-electron chi connectivity index (χ3n) is 5.03. The molecule has 1 aromatic carbocycles. The van der Waals surface area contributed by atoms with Crippen molar-refractivity contribution in [3.05, 3.63) is 64.7 Å². The predicted molar refractivity (Wildman–Crippen MR) is 103 cm³/mol. The van der Waals surface area contributed by atoms with Crippen LogP contribution in [0.2, 0.25) is 0 Å². The number of carbonyl (C=O) groups excluding carboxylic acids is 1. The van der Waals surface area contributed by atoms with Crippen LogP contribution in [0.4, 0.5) is 0 Å². The first kappa shape index (κ1) is 17.3. The van der Waals surface area contributed by atoms with Crippen molar-refractivity contribution in [3.63, 3.8) is 0 Å². The first-order valence-corrected chi connectivity index (χ1v) is 9.00. The summed E-state index contributed by atoms with van der Waals surface area (Å²) < 4.78 is 5.51. The molecule has 3 heterocycles. The van der Waals surface area contributed by atoms with Gasteiger partial charge in [0.15, 0.2) is 0 Å². The number of nitrogens with one attached hydrogen (secondary N) is 2. The SMILES string of the molecule is COc1ccccc1[C@H]1CNC(=O)c2nc(-c3cnc(C)cc3C)[nH]c2C1. The fraction of sp³-hybridized carbons (Fsp3) is 0.286. The van der Waals surface area contributed by atoms with E-state index in [1.165, 1.54) is 0 Å². The van der Waals surface area contributed by atoms with Crippen LogP contribution in [0.1, 0.15) is 38.9 Å². The minimum atomic E-state index is -0.150. The first-order chi connectivity index (χ1) is 13.1. The Morgan fingerprint density at radius 1 is 1.22 bits per heavy atom. The van der Waals surface area contributed by atoms with Crippen molar-refractivity contribution in [3.8, 4) is 17.1 Å². The predicted octanol–water partition coefficient (Wildman–Crippen LogP) is 3.17. The van der Waals surface area contributed by atoms with E-state index >= 15 is 0 Å². The van der Waals surface area contributed by atoms with Gasteiger partial charge < -0.3 is 15.0 Å². The smallest absolute Gasteiger partial charge is 0.271 e. The molecule has 6 heteroatoms. The van der Waals surface area contributed by atoms with Gasteiger partial charge in [-0.1, -0.05) is 18.2 Å². The molecule has 1 aliphatic rings. The molecule has 6 nitrogen and oxygen atoms in total. The molecule has 0 spiro atoms. The van der Waals surface area contributed by atoms with Crippen molar-refractivity contribution in [1.82, 2.24) is 20.3 Å². The number of rotatable bonds is 3. The van der Waals surface area contributed by atoms with E-state index in [0.717, 1.165) is 33.8 Å². The summed E-state index contributed by atoms with van der Waals surface area (Å²) in [5, 5.41) is 3.00. The van der Waals surface area contributed by atoms with Gasteiger partial charge in [0.05, 0.1) is 7.11 Å².